The van der Waals surface area contributed by atoms with Crippen LogP contribution < -0.4 is 0 Å². The van der Waals surface area contributed by atoms with Gasteiger partial charge in [-0.05, 0) is 18.8 Å². The van der Waals surface area contributed by atoms with Crippen molar-refractivity contribution in [1.82, 2.24) is 9.80 Å². The second-order valence-corrected chi connectivity index (χ2v) is 5.37. The van der Waals surface area contributed by atoms with Crippen molar-refractivity contribution < 1.29 is 19.4 Å². The number of carbonyl (C=O) groups is 2. The van der Waals surface area contributed by atoms with E-state index in [0.29, 0.717) is 26.2 Å². The average molecular weight is 270 g/mol. The van der Waals surface area contributed by atoms with Crippen molar-refractivity contribution in [1.29, 1.82) is 0 Å². The van der Waals surface area contributed by atoms with Crippen LogP contribution in [0.15, 0.2) is 0 Å². The second-order valence-electron chi connectivity index (χ2n) is 5.37. The first kappa shape index (κ1) is 14.1. The van der Waals surface area contributed by atoms with E-state index in [9.17, 15) is 14.7 Å². The Morgan fingerprint density at radius 1 is 1.37 bits per heavy atom. The zero-order chi connectivity index (χ0) is 14.0. The van der Waals surface area contributed by atoms with Gasteiger partial charge in [-0.2, -0.15) is 0 Å². The SMILES string of the molecule is CCC1CN(C(=O)N2CCC(C)C2C(=O)O)CCO1. The lowest BCUT2D eigenvalue weighted by Gasteiger charge is -2.36. The van der Waals surface area contributed by atoms with Gasteiger partial charge in [-0.1, -0.05) is 13.8 Å². The van der Waals surface area contributed by atoms with Gasteiger partial charge in [-0.15, -0.1) is 0 Å². The number of morpholine rings is 1. The van der Waals surface area contributed by atoms with E-state index >= 15 is 0 Å². The van der Waals surface area contributed by atoms with Gasteiger partial charge >= 0.3 is 12.0 Å². The number of carbonyl (C=O) groups excluding carboxylic acids is 1. The van der Waals surface area contributed by atoms with Gasteiger partial charge in [0.25, 0.3) is 0 Å². The fourth-order valence-corrected chi connectivity index (χ4v) is 2.86. The van der Waals surface area contributed by atoms with Crippen LogP contribution in [0.1, 0.15) is 26.7 Å². The van der Waals surface area contributed by atoms with Gasteiger partial charge in [0.05, 0.1) is 12.7 Å². The second kappa shape index (κ2) is 5.77. The summed E-state index contributed by atoms with van der Waals surface area (Å²) in [6.07, 6.45) is 1.69. The number of urea groups is 1. The Hall–Kier alpha value is -1.30. The standard InChI is InChI=1S/C13H22N2O4/c1-3-10-8-14(6-7-19-10)13(18)15-5-4-9(2)11(15)12(16)17/h9-11H,3-8H2,1-2H3,(H,16,17). The van der Waals surface area contributed by atoms with Crippen molar-refractivity contribution in [2.24, 2.45) is 5.92 Å². The maximum Gasteiger partial charge on any atom is 0.326 e. The molecule has 2 aliphatic rings. The third kappa shape index (κ3) is 2.83. The van der Waals surface area contributed by atoms with Gasteiger partial charge in [-0.25, -0.2) is 9.59 Å². The molecule has 2 fully saturated rings. The Bertz CT molecular complexity index is 361. The Balaban J connectivity index is 2.04. The third-order valence-corrected chi connectivity index (χ3v) is 4.06. The van der Waals surface area contributed by atoms with Crippen molar-refractivity contribution in [2.75, 3.05) is 26.2 Å². The Labute approximate surface area is 113 Å². The molecule has 1 N–H and O–H groups in total. The molecule has 0 aromatic carbocycles. The molecule has 2 aliphatic heterocycles. The van der Waals surface area contributed by atoms with Crippen LogP contribution in [0, 0.1) is 5.92 Å². The summed E-state index contributed by atoms with van der Waals surface area (Å²) in [6, 6.07) is -0.839. The summed E-state index contributed by atoms with van der Waals surface area (Å²) in [5.74, 6) is -0.886. The summed E-state index contributed by atoms with van der Waals surface area (Å²) in [7, 11) is 0. The van der Waals surface area contributed by atoms with E-state index in [0.717, 1.165) is 12.8 Å². The fourth-order valence-electron chi connectivity index (χ4n) is 2.86. The minimum absolute atomic E-state index is 0.0180. The van der Waals surface area contributed by atoms with Gasteiger partial charge in [0, 0.05) is 19.6 Å². The van der Waals surface area contributed by atoms with Crippen LogP contribution in [0.2, 0.25) is 0 Å². The fraction of sp³-hybridized carbons (Fsp3) is 0.846. The number of hydrogen-bond donors (Lipinski definition) is 1. The molecule has 0 aliphatic carbocycles. The average Bonchev–Trinajstić information content (AvgIpc) is 2.80. The smallest absolute Gasteiger partial charge is 0.326 e. The first-order valence-electron chi connectivity index (χ1n) is 6.94. The molecule has 2 amide bonds. The lowest BCUT2D eigenvalue weighted by molar-refractivity contribution is -0.142. The van der Waals surface area contributed by atoms with Gasteiger partial charge in [0.15, 0.2) is 0 Å². The number of hydrogen-bond acceptors (Lipinski definition) is 3. The Morgan fingerprint density at radius 3 is 2.74 bits per heavy atom. The molecule has 108 valence electrons. The number of carboxylic acid groups (broad SMARTS) is 1. The van der Waals surface area contributed by atoms with Crippen molar-refractivity contribution >= 4 is 12.0 Å². The van der Waals surface area contributed by atoms with Crippen molar-refractivity contribution in [3.05, 3.63) is 0 Å². The molecule has 0 aromatic rings. The van der Waals surface area contributed by atoms with Crippen LogP contribution in [0.4, 0.5) is 4.79 Å². The zero-order valence-electron chi connectivity index (χ0n) is 11.5. The van der Waals surface area contributed by atoms with E-state index < -0.39 is 12.0 Å². The van der Waals surface area contributed by atoms with Gasteiger partial charge < -0.3 is 19.6 Å². The highest BCUT2D eigenvalue weighted by Gasteiger charge is 2.41. The van der Waals surface area contributed by atoms with Gasteiger partial charge in [0.2, 0.25) is 0 Å². The van der Waals surface area contributed by atoms with Crippen molar-refractivity contribution in [3.8, 4) is 0 Å². The highest BCUT2D eigenvalue weighted by Crippen LogP contribution is 2.26. The van der Waals surface area contributed by atoms with E-state index in [1.807, 2.05) is 13.8 Å². The van der Waals surface area contributed by atoms with E-state index in [-0.39, 0.29) is 18.1 Å². The summed E-state index contributed by atoms with van der Waals surface area (Å²) >= 11 is 0. The largest absolute Gasteiger partial charge is 0.480 e. The number of nitrogens with zero attached hydrogens (tertiary/aromatic N) is 2. The lowest BCUT2D eigenvalue weighted by Crippen LogP contribution is -2.54. The first-order chi connectivity index (χ1) is 9.04. The molecule has 0 bridgehead atoms. The van der Waals surface area contributed by atoms with Crippen LogP contribution in [0.25, 0.3) is 0 Å². The quantitative estimate of drug-likeness (QED) is 0.813. The number of carboxylic acids is 1. The molecule has 19 heavy (non-hydrogen) atoms. The predicted octanol–water partition coefficient (Wildman–Crippen LogP) is 1.01. The highest BCUT2D eigenvalue weighted by molar-refractivity contribution is 5.83. The minimum Gasteiger partial charge on any atom is -0.480 e. The molecule has 0 saturated carbocycles. The van der Waals surface area contributed by atoms with Gasteiger partial charge in [0.1, 0.15) is 6.04 Å². The molecule has 0 aromatic heterocycles. The third-order valence-electron chi connectivity index (χ3n) is 4.06. The normalized spacial score (nSPS) is 31.6. The number of amides is 2. The van der Waals surface area contributed by atoms with Crippen LogP contribution in [-0.4, -0.2) is 65.3 Å². The van der Waals surface area contributed by atoms with E-state index in [1.54, 1.807) is 4.90 Å². The number of ether oxygens (including phenoxy) is 1. The molecule has 3 atom stereocenters. The van der Waals surface area contributed by atoms with Crippen molar-refractivity contribution in [3.63, 3.8) is 0 Å². The van der Waals surface area contributed by atoms with Crippen LogP contribution in [-0.2, 0) is 9.53 Å². The van der Waals surface area contributed by atoms with Crippen LogP contribution in [0.3, 0.4) is 0 Å². The molecule has 2 heterocycles. The predicted molar refractivity (Wildman–Crippen MR) is 68.9 cm³/mol. The highest BCUT2D eigenvalue weighted by atomic mass is 16.5. The maximum absolute atomic E-state index is 12.5. The molecule has 3 unspecified atom stereocenters. The Morgan fingerprint density at radius 2 is 2.11 bits per heavy atom. The summed E-state index contributed by atoms with van der Waals surface area (Å²) in [6.45, 7) is 6.09. The molecule has 0 spiro atoms. The topological polar surface area (TPSA) is 70.1 Å². The maximum atomic E-state index is 12.5. The zero-order valence-corrected chi connectivity index (χ0v) is 11.5. The lowest BCUT2D eigenvalue weighted by atomic mass is 10.0. The van der Waals surface area contributed by atoms with Crippen molar-refractivity contribution in [2.45, 2.75) is 38.8 Å². The van der Waals surface area contributed by atoms with Gasteiger partial charge in [-0.3, -0.25) is 0 Å². The molecule has 6 heteroatoms. The summed E-state index contributed by atoms with van der Waals surface area (Å²) in [5.41, 5.74) is 0. The first-order valence-corrected chi connectivity index (χ1v) is 6.94. The molecule has 6 nitrogen and oxygen atoms in total. The molecule has 2 saturated heterocycles. The number of aliphatic carboxylic acids is 1. The number of likely N-dealkylation sites (tertiary alicyclic amines) is 1. The summed E-state index contributed by atoms with van der Waals surface area (Å²) < 4.78 is 5.54. The molecule has 0 radical (unpaired) electrons. The monoisotopic (exact) mass is 270 g/mol. The minimum atomic E-state index is -0.904. The van der Waals surface area contributed by atoms with E-state index in [4.69, 9.17) is 4.74 Å². The summed E-state index contributed by atoms with van der Waals surface area (Å²) in [4.78, 5) is 27.0. The Kier molecular flexibility index (Phi) is 4.29. The molecule has 2 rings (SSSR count). The molecular formula is C13H22N2O4. The summed E-state index contributed by atoms with van der Waals surface area (Å²) in [5, 5.41) is 9.26. The van der Waals surface area contributed by atoms with E-state index in [2.05, 4.69) is 0 Å². The molecular weight excluding hydrogens is 248 g/mol. The van der Waals surface area contributed by atoms with E-state index in [1.165, 1.54) is 4.90 Å². The number of rotatable bonds is 2. The van der Waals surface area contributed by atoms with Crippen LogP contribution >= 0.6 is 0 Å². The van der Waals surface area contributed by atoms with Crippen LogP contribution in [0.5, 0.6) is 0 Å².